The average Bonchev–Trinajstić information content (AvgIpc) is 1.86. The van der Waals surface area contributed by atoms with Crippen LogP contribution in [0.15, 0.2) is 0 Å². The van der Waals surface area contributed by atoms with Crippen LogP contribution in [0.2, 0.25) is 0 Å². The van der Waals surface area contributed by atoms with Gasteiger partial charge in [-0.15, -0.1) is 4.48 Å². The lowest BCUT2D eigenvalue weighted by molar-refractivity contribution is -0.134. The smallest absolute Gasteiger partial charge is 0.253 e. The Morgan fingerprint density at radius 3 is 2.40 bits per heavy atom. The maximum absolute atomic E-state index is 11.6. The van der Waals surface area contributed by atoms with Crippen molar-refractivity contribution < 1.29 is 9.28 Å². The maximum Gasteiger partial charge on any atom is 0.253 e. The largest absolute Gasteiger partial charge is 0.272 e. The number of rotatable bonds is 3. The average molecular weight is 147 g/mol. The summed E-state index contributed by atoms with van der Waals surface area (Å²) >= 11 is 0. The standard InChI is InChI=1S/C7H14FNO/c1-4-5-7(2,3)6(10)9-8/h4-5H2,1-3H3,(H,9,10). The molecule has 1 amide bonds. The molecule has 0 aromatic carbocycles. The Balaban J connectivity index is 3.96. The second kappa shape index (κ2) is 3.54. The first kappa shape index (κ1) is 9.40. The predicted octanol–water partition coefficient (Wildman–Crippen LogP) is 1.81. The van der Waals surface area contributed by atoms with E-state index in [-0.39, 0.29) is 0 Å². The fourth-order valence-corrected chi connectivity index (χ4v) is 0.866. The number of carbonyl (C=O) groups is 1. The van der Waals surface area contributed by atoms with Gasteiger partial charge in [-0.3, -0.25) is 4.79 Å². The van der Waals surface area contributed by atoms with E-state index in [2.05, 4.69) is 0 Å². The minimum atomic E-state index is -0.566. The molecular weight excluding hydrogens is 133 g/mol. The lowest BCUT2D eigenvalue weighted by Gasteiger charge is -2.19. The zero-order valence-electron chi connectivity index (χ0n) is 6.70. The summed E-state index contributed by atoms with van der Waals surface area (Å²) in [5, 5.41) is 0. The highest BCUT2D eigenvalue weighted by molar-refractivity contribution is 5.80. The van der Waals surface area contributed by atoms with Gasteiger partial charge in [0.2, 0.25) is 0 Å². The fraction of sp³-hybridized carbons (Fsp3) is 0.857. The molecule has 0 heterocycles. The van der Waals surface area contributed by atoms with Gasteiger partial charge in [-0.1, -0.05) is 27.2 Å². The van der Waals surface area contributed by atoms with E-state index in [1.54, 1.807) is 13.8 Å². The number of nitrogens with one attached hydrogen (secondary N) is 1. The van der Waals surface area contributed by atoms with Crippen LogP contribution in [0.25, 0.3) is 0 Å². The first-order valence-electron chi connectivity index (χ1n) is 3.45. The van der Waals surface area contributed by atoms with Crippen molar-refractivity contribution in [3.8, 4) is 0 Å². The van der Waals surface area contributed by atoms with Crippen LogP contribution < -0.4 is 5.54 Å². The molecule has 0 aliphatic heterocycles. The van der Waals surface area contributed by atoms with Gasteiger partial charge in [-0.25, -0.2) is 0 Å². The van der Waals surface area contributed by atoms with Crippen molar-refractivity contribution in [2.75, 3.05) is 0 Å². The molecule has 60 valence electrons. The summed E-state index contributed by atoms with van der Waals surface area (Å²) < 4.78 is 11.6. The highest BCUT2D eigenvalue weighted by atomic mass is 19.2. The molecular formula is C7H14FNO. The number of halogens is 1. The summed E-state index contributed by atoms with van der Waals surface area (Å²) in [6, 6.07) is 0. The quantitative estimate of drug-likeness (QED) is 0.606. The molecule has 0 spiro atoms. The van der Waals surface area contributed by atoms with Crippen LogP contribution in [0.3, 0.4) is 0 Å². The lowest BCUT2D eigenvalue weighted by atomic mass is 9.87. The van der Waals surface area contributed by atoms with Gasteiger partial charge >= 0.3 is 0 Å². The summed E-state index contributed by atoms with van der Waals surface area (Å²) in [6.45, 7) is 5.42. The van der Waals surface area contributed by atoms with Gasteiger partial charge in [-0.05, 0) is 6.42 Å². The maximum atomic E-state index is 11.6. The molecule has 0 rings (SSSR count). The molecule has 0 bridgehead atoms. The van der Waals surface area contributed by atoms with Crippen molar-refractivity contribution >= 4 is 5.91 Å². The molecule has 0 unspecified atom stereocenters. The van der Waals surface area contributed by atoms with Gasteiger partial charge in [-0.2, -0.15) is 5.54 Å². The molecule has 0 fully saturated rings. The van der Waals surface area contributed by atoms with Crippen molar-refractivity contribution in [2.45, 2.75) is 33.6 Å². The fourth-order valence-electron chi connectivity index (χ4n) is 0.866. The van der Waals surface area contributed by atoms with Gasteiger partial charge < -0.3 is 0 Å². The topological polar surface area (TPSA) is 29.1 Å². The van der Waals surface area contributed by atoms with Gasteiger partial charge in [0.15, 0.2) is 0 Å². The molecule has 0 saturated carbocycles. The molecule has 0 aliphatic rings. The third-order valence-electron chi connectivity index (χ3n) is 1.58. The van der Waals surface area contributed by atoms with Gasteiger partial charge in [0.25, 0.3) is 5.91 Å². The molecule has 2 nitrogen and oxygen atoms in total. The highest BCUT2D eigenvalue weighted by Crippen LogP contribution is 2.21. The van der Waals surface area contributed by atoms with E-state index in [9.17, 15) is 9.28 Å². The summed E-state index contributed by atoms with van der Waals surface area (Å²) in [5.74, 6) is -0.533. The molecule has 1 N–H and O–H groups in total. The van der Waals surface area contributed by atoms with Crippen LogP contribution in [-0.4, -0.2) is 5.91 Å². The van der Waals surface area contributed by atoms with E-state index in [1.807, 2.05) is 6.92 Å². The first-order chi connectivity index (χ1) is 4.54. The van der Waals surface area contributed by atoms with Crippen LogP contribution in [0.1, 0.15) is 33.6 Å². The number of hydrogen-bond acceptors (Lipinski definition) is 1. The third kappa shape index (κ3) is 2.33. The van der Waals surface area contributed by atoms with Crippen LogP contribution in [0.4, 0.5) is 4.48 Å². The Morgan fingerprint density at radius 2 is 2.10 bits per heavy atom. The third-order valence-corrected chi connectivity index (χ3v) is 1.58. The van der Waals surface area contributed by atoms with Crippen LogP contribution in [0.5, 0.6) is 0 Å². The van der Waals surface area contributed by atoms with E-state index in [0.717, 1.165) is 12.0 Å². The molecule has 0 saturated heterocycles. The Hall–Kier alpha value is -0.600. The first-order valence-corrected chi connectivity index (χ1v) is 3.45. The van der Waals surface area contributed by atoms with Crippen molar-refractivity contribution in [3.05, 3.63) is 0 Å². The molecule has 0 aromatic heterocycles. The summed E-state index contributed by atoms with van der Waals surface area (Å²) in [6.07, 6.45) is 1.60. The summed E-state index contributed by atoms with van der Waals surface area (Å²) in [7, 11) is 0. The zero-order chi connectivity index (χ0) is 8.20. The normalized spacial score (nSPS) is 11.2. The predicted molar refractivity (Wildman–Crippen MR) is 37.9 cm³/mol. The molecule has 10 heavy (non-hydrogen) atoms. The lowest BCUT2D eigenvalue weighted by Crippen LogP contribution is -2.32. The molecule has 3 heteroatoms. The minimum absolute atomic E-state index is 0.533. The Morgan fingerprint density at radius 1 is 1.60 bits per heavy atom. The van der Waals surface area contributed by atoms with E-state index >= 15 is 0 Å². The Kier molecular flexibility index (Phi) is 3.33. The second-order valence-corrected chi connectivity index (χ2v) is 3.06. The van der Waals surface area contributed by atoms with E-state index in [0.29, 0.717) is 6.42 Å². The molecule has 0 aromatic rings. The molecule has 0 aliphatic carbocycles. The van der Waals surface area contributed by atoms with Crippen LogP contribution in [0, 0.1) is 5.41 Å². The zero-order valence-corrected chi connectivity index (χ0v) is 6.70. The van der Waals surface area contributed by atoms with Crippen molar-refractivity contribution in [1.29, 1.82) is 0 Å². The number of amides is 1. The molecule has 0 radical (unpaired) electrons. The van der Waals surface area contributed by atoms with Crippen LogP contribution in [-0.2, 0) is 4.79 Å². The van der Waals surface area contributed by atoms with E-state index < -0.39 is 11.3 Å². The Bertz CT molecular complexity index is 123. The SMILES string of the molecule is CCCC(C)(C)C(=O)NF. The van der Waals surface area contributed by atoms with Gasteiger partial charge in [0, 0.05) is 5.41 Å². The minimum Gasteiger partial charge on any atom is -0.272 e. The highest BCUT2D eigenvalue weighted by Gasteiger charge is 2.26. The summed E-state index contributed by atoms with van der Waals surface area (Å²) in [4.78, 5) is 10.7. The van der Waals surface area contributed by atoms with Crippen LogP contribution >= 0.6 is 0 Å². The van der Waals surface area contributed by atoms with Gasteiger partial charge in [0.1, 0.15) is 0 Å². The van der Waals surface area contributed by atoms with Crippen molar-refractivity contribution in [2.24, 2.45) is 5.41 Å². The Labute approximate surface area is 60.7 Å². The monoisotopic (exact) mass is 147 g/mol. The van der Waals surface area contributed by atoms with Crippen molar-refractivity contribution in [3.63, 3.8) is 0 Å². The number of carbonyl (C=O) groups excluding carboxylic acids is 1. The summed E-state index contributed by atoms with van der Waals surface area (Å²) in [5.41, 5.74) is 0.585. The van der Waals surface area contributed by atoms with E-state index in [1.165, 1.54) is 0 Å². The van der Waals surface area contributed by atoms with Gasteiger partial charge in [0.05, 0.1) is 0 Å². The van der Waals surface area contributed by atoms with E-state index in [4.69, 9.17) is 0 Å². The second-order valence-electron chi connectivity index (χ2n) is 3.06. The molecule has 0 atom stereocenters. The van der Waals surface area contributed by atoms with Crippen molar-refractivity contribution in [1.82, 2.24) is 5.54 Å². The number of hydrogen-bond donors (Lipinski definition) is 1.